The molecule has 6 heteroatoms. The Morgan fingerprint density at radius 2 is 1.69 bits per heavy atom. The summed E-state index contributed by atoms with van der Waals surface area (Å²) in [5.74, 6) is 1.28. The number of ether oxygens (including phenoxy) is 1. The molecule has 2 rings (SSSR count). The Labute approximate surface area is 175 Å². The van der Waals surface area contributed by atoms with Crippen molar-refractivity contribution in [1.29, 1.82) is 0 Å². The Bertz CT molecular complexity index is 650. The number of nitrogens with zero attached hydrogens (tertiary/aromatic N) is 1. The molecular formula is C23H37N3O3. The number of rotatable bonds is 8. The summed E-state index contributed by atoms with van der Waals surface area (Å²) in [7, 11) is 0. The van der Waals surface area contributed by atoms with Crippen LogP contribution in [0, 0.1) is 17.8 Å². The SMILES string of the molecule is CCOC(=O)NC(C(=O)NCc1ccc(CN2CC(C)CC(C)C2)cc1)C(C)C. The largest absolute Gasteiger partial charge is 0.450 e. The van der Waals surface area contributed by atoms with Crippen LogP contribution in [-0.4, -0.2) is 42.6 Å². The maximum atomic E-state index is 12.5. The Hall–Kier alpha value is -2.08. The van der Waals surface area contributed by atoms with Crippen LogP contribution in [0.2, 0.25) is 0 Å². The normalized spacial score (nSPS) is 20.9. The number of amides is 2. The third-order valence-electron chi connectivity index (χ3n) is 5.34. The van der Waals surface area contributed by atoms with Crippen LogP contribution < -0.4 is 10.6 Å². The first-order valence-corrected chi connectivity index (χ1v) is 10.8. The second-order valence-electron chi connectivity index (χ2n) is 8.76. The van der Waals surface area contributed by atoms with Gasteiger partial charge in [-0.1, -0.05) is 52.0 Å². The van der Waals surface area contributed by atoms with E-state index >= 15 is 0 Å². The van der Waals surface area contributed by atoms with E-state index in [1.54, 1.807) is 6.92 Å². The van der Waals surface area contributed by atoms with Gasteiger partial charge < -0.3 is 15.4 Å². The Morgan fingerprint density at radius 1 is 1.10 bits per heavy atom. The van der Waals surface area contributed by atoms with Crippen LogP contribution in [0.25, 0.3) is 0 Å². The third kappa shape index (κ3) is 7.69. The summed E-state index contributed by atoms with van der Waals surface area (Å²) in [6.07, 6.45) is 0.754. The molecule has 1 aliphatic heterocycles. The molecule has 29 heavy (non-hydrogen) atoms. The monoisotopic (exact) mass is 403 g/mol. The highest BCUT2D eigenvalue weighted by Crippen LogP contribution is 2.22. The highest BCUT2D eigenvalue weighted by molar-refractivity contribution is 5.85. The summed E-state index contributed by atoms with van der Waals surface area (Å²) in [5.41, 5.74) is 2.34. The zero-order valence-electron chi connectivity index (χ0n) is 18.5. The van der Waals surface area contributed by atoms with Gasteiger partial charge in [0, 0.05) is 26.2 Å². The molecule has 0 bridgehead atoms. The van der Waals surface area contributed by atoms with E-state index in [1.807, 2.05) is 13.8 Å². The van der Waals surface area contributed by atoms with Crippen LogP contribution >= 0.6 is 0 Å². The number of benzene rings is 1. The van der Waals surface area contributed by atoms with Crippen LogP contribution in [0.4, 0.5) is 4.79 Å². The van der Waals surface area contributed by atoms with Crippen molar-refractivity contribution in [3.8, 4) is 0 Å². The van der Waals surface area contributed by atoms with E-state index in [2.05, 4.69) is 53.6 Å². The number of hydrogen-bond donors (Lipinski definition) is 2. The van der Waals surface area contributed by atoms with Crippen molar-refractivity contribution in [1.82, 2.24) is 15.5 Å². The molecule has 1 saturated heterocycles. The fourth-order valence-electron chi connectivity index (χ4n) is 4.08. The van der Waals surface area contributed by atoms with Crippen molar-refractivity contribution in [3.05, 3.63) is 35.4 Å². The molecule has 1 fully saturated rings. The van der Waals surface area contributed by atoms with Gasteiger partial charge in [-0.05, 0) is 42.2 Å². The van der Waals surface area contributed by atoms with Gasteiger partial charge in [0.2, 0.25) is 5.91 Å². The minimum absolute atomic E-state index is 0.0314. The molecule has 1 heterocycles. The zero-order valence-corrected chi connectivity index (χ0v) is 18.5. The van der Waals surface area contributed by atoms with Crippen LogP contribution in [-0.2, 0) is 22.6 Å². The van der Waals surface area contributed by atoms with E-state index in [1.165, 1.54) is 12.0 Å². The van der Waals surface area contributed by atoms with Crippen molar-refractivity contribution in [2.45, 2.75) is 60.2 Å². The van der Waals surface area contributed by atoms with Gasteiger partial charge in [0.25, 0.3) is 0 Å². The molecule has 2 amide bonds. The summed E-state index contributed by atoms with van der Waals surface area (Å²) in [6.45, 7) is 14.2. The molecular weight excluding hydrogens is 366 g/mol. The lowest BCUT2D eigenvalue weighted by Gasteiger charge is -2.35. The predicted molar refractivity (Wildman–Crippen MR) is 115 cm³/mol. The number of nitrogens with one attached hydrogen (secondary N) is 2. The fraction of sp³-hybridized carbons (Fsp3) is 0.652. The molecule has 1 aromatic carbocycles. The molecule has 2 N–H and O–H groups in total. The van der Waals surface area contributed by atoms with Gasteiger partial charge >= 0.3 is 6.09 Å². The van der Waals surface area contributed by atoms with Crippen LogP contribution in [0.3, 0.4) is 0 Å². The average Bonchev–Trinajstić information content (AvgIpc) is 2.64. The molecule has 1 aliphatic rings. The highest BCUT2D eigenvalue weighted by atomic mass is 16.5. The topological polar surface area (TPSA) is 70.7 Å². The number of likely N-dealkylation sites (tertiary alicyclic amines) is 1. The zero-order chi connectivity index (χ0) is 21.4. The number of alkyl carbamates (subject to hydrolysis) is 1. The fourth-order valence-corrected chi connectivity index (χ4v) is 4.08. The minimum atomic E-state index is -0.614. The molecule has 0 saturated carbocycles. The van der Waals surface area contributed by atoms with Crippen molar-refractivity contribution in [2.24, 2.45) is 17.8 Å². The van der Waals surface area contributed by atoms with Crippen molar-refractivity contribution >= 4 is 12.0 Å². The highest BCUT2D eigenvalue weighted by Gasteiger charge is 2.24. The molecule has 3 atom stereocenters. The van der Waals surface area contributed by atoms with E-state index in [0.29, 0.717) is 6.54 Å². The Balaban J connectivity index is 1.85. The van der Waals surface area contributed by atoms with Crippen LogP contribution in [0.15, 0.2) is 24.3 Å². The van der Waals surface area contributed by atoms with Gasteiger partial charge in [0.15, 0.2) is 0 Å². The molecule has 0 spiro atoms. The second kappa shape index (κ2) is 11.2. The molecule has 3 unspecified atom stereocenters. The van der Waals surface area contributed by atoms with Gasteiger partial charge in [0.05, 0.1) is 6.61 Å². The van der Waals surface area contributed by atoms with Gasteiger partial charge in [-0.25, -0.2) is 4.79 Å². The number of carbonyl (C=O) groups is 2. The lowest BCUT2D eigenvalue weighted by atomic mass is 9.91. The smallest absolute Gasteiger partial charge is 0.407 e. The first kappa shape index (κ1) is 23.2. The Kier molecular flexibility index (Phi) is 8.96. The summed E-state index contributed by atoms with van der Waals surface area (Å²) in [5, 5.41) is 5.56. The van der Waals surface area contributed by atoms with Crippen molar-refractivity contribution in [3.63, 3.8) is 0 Å². The predicted octanol–water partition coefficient (Wildman–Crippen LogP) is 3.55. The van der Waals surface area contributed by atoms with E-state index in [4.69, 9.17) is 4.74 Å². The van der Waals surface area contributed by atoms with E-state index < -0.39 is 12.1 Å². The van der Waals surface area contributed by atoms with Gasteiger partial charge in [-0.2, -0.15) is 0 Å². The minimum Gasteiger partial charge on any atom is -0.450 e. The van der Waals surface area contributed by atoms with E-state index in [-0.39, 0.29) is 18.4 Å². The summed E-state index contributed by atoms with van der Waals surface area (Å²) >= 11 is 0. The van der Waals surface area contributed by atoms with Gasteiger partial charge in [-0.15, -0.1) is 0 Å². The van der Waals surface area contributed by atoms with Gasteiger partial charge in [0.1, 0.15) is 6.04 Å². The summed E-state index contributed by atoms with van der Waals surface area (Å²) < 4.78 is 4.89. The van der Waals surface area contributed by atoms with E-state index in [9.17, 15) is 9.59 Å². The van der Waals surface area contributed by atoms with Crippen LogP contribution in [0.5, 0.6) is 0 Å². The quantitative estimate of drug-likeness (QED) is 0.696. The average molecular weight is 404 g/mol. The lowest BCUT2D eigenvalue weighted by Crippen LogP contribution is -2.49. The number of piperidine rings is 1. The first-order chi connectivity index (χ1) is 13.8. The lowest BCUT2D eigenvalue weighted by molar-refractivity contribution is -0.124. The molecule has 0 radical (unpaired) electrons. The first-order valence-electron chi connectivity index (χ1n) is 10.8. The van der Waals surface area contributed by atoms with Gasteiger partial charge in [-0.3, -0.25) is 9.69 Å². The molecule has 1 aromatic rings. The third-order valence-corrected chi connectivity index (χ3v) is 5.34. The molecule has 0 aliphatic carbocycles. The number of carbonyl (C=O) groups excluding carboxylic acids is 2. The second-order valence-corrected chi connectivity index (χ2v) is 8.76. The van der Waals surface area contributed by atoms with Crippen molar-refractivity contribution in [2.75, 3.05) is 19.7 Å². The van der Waals surface area contributed by atoms with E-state index in [0.717, 1.165) is 37.0 Å². The maximum absolute atomic E-state index is 12.5. The molecule has 6 nitrogen and oxygen atoms in total. The Morgan fingerprint density at radius 3 is 2.24 bits per heavy atom. The van der Waals surface area contributed by atoms with Crippen LogP contribution in [0.1, 0.15) is 52.2 Å². The standard InChI is InChI=1S/C23H37N3O3/c1-6-29-23(28)25-21(16(2)3)22(27)24-12-19-7-9-20(10-8-19)15-26-13-17(4)11-18(5)14-26/h7-10,16-18,21H,6,11-15H2,1-5H3,(H,24,27)(H,25,28). The summed E-state index contributed by atoms with van der Waals surface area (Å²) in [6, 6.07) is 7.80. The number of hydrogen-bond acceptors (Lipinski definition) is 4. The molecule has 0 aromatic heterocycles. The summed E-state index contributed by atoms with van der Waals surface area (Å²) in [4.78, 5) is 26.7. The van der Waals surface area contributed by atoms with Crippen molar-refractivity contribution < 1.29 is 14.3 Å². The maximum Gasteiger partial charge on any atom is 0.407 e. The molecule has 162 valence electrons.